The number of aliphatic imine (C=N–C) groups is 1. The smallest absolute Gasteiger partial charge is 0.194 e. The van der Waals surface area contributed by atoms with Crippen molar-refractivity contribution in [3.05, 3.63) is 24.3 Å². The van der Waals surface area contributed by atoms with Crippen LogP contribution in [0.5, 0.6) is 5.75 Å². The van der Waals surface area contributed by atoms with E-state index in [0.29, 0.717) is 0 Å². The molecule has 0 amide bonds. The van der Waals surface area contributed by atoms with Gasteiger partial charge in [-0.3, -0.25) is 4.99 Å². The van der Waals surface area contributed by atoms with Crippen molar-refractivity contribution in [1.82, 2.24) is 15.5 Å². The monoisotopic (exact) mass is 489 g/mol. The maximum Gasteiger partial charge on any atom is 0.194 e. The summed E-state index contributed by atoms with van der Waals surface area (Å²) >= 11 is 0. The van der Waals surface area contributed by atoms with Gasteiger partial charge in [0.05, 0.1) is 13.7 Å². The molecule has 27 heavy (non-hydrogen) atoms. The lowest BCUT2D eigenvalue weighted by Crippen LogP contribution is -2.52. The van der Waals surface area contributed by atoms with Crippen molar-refractivity contribution in [2.24, 2.45) is 4.99 Å². The van der Waals surface area contributed by atoms with Crippen molar-refractivity contribution >= 4 is 35.6 Å². The molecule has 6 nitrogen and oxygen atoms in total. The standard InChI is InChI=1S/C20H35N5O.HI/c1-6-21-19(22-10-11-23-20(2,3)4)25-14-12-24(13-15-25)17-8-7-9-18(16-17)26-5;/h7-9,16,23H,6,10-15H2,1-5H3,(H,21,22);1H. The first kappa shape index (κ1) is 23.8. The molecule has 1 aromatic rings. The Morgan fingerprint density at radius 3 is 2.48 bits per heavy atom. The first-order valence-electron chi connectivity index (χ1n) is 9.60. The third-order valence-corrected chi connectivity index (χ3v) is 4.36. The highest BCUT2D eigenvalue weighted by Crippen LogP contribution is 2.22. The number of ether oxygens (including phenoxy) is 1. The van der Waals surface area contributed by atoms with Crippen molar-refractivity contribution in [1.29, 1.82) is 0 Å². The average Bonchev–Trinajstić information content (AvgIpc) is 2.63. The lowest BCUT2D eigenvalue weighted by Gasteiger charge is -2.37. The highest BCUT2D eigenvalue weighted by molar-refractivity contribution is 14.0. The highest BCUT2D eigenvalue weighted by Gasteiger charge is 2.20. The van der Waals surface area contributed by atoms with Gasteiger partial charge in [-0.2, -0.15) is 0 Å². The fourth-order valence-corrected chi connectivity index (χ4v) is 3.00. The molecule has 2 rings (SSSR count). The van der Waals surface area contributed by atoms with Crippen LogP contribution >= 0.6 is 24.0 Å². The van der Waals surface area contributed by atoms with E-state index < -0.39 is 0 Å². The van der Waals surface area contributed by atoms with Crippen molar-refractivity contribution < 1.29 is 4.74 Å². The topological polar surface area (TPSA) is 52.1 Å². The molecular formula is C20H36IN5O. The van der Waals surface area contributed by atoms with Gasteiger partial charge in [-0.15, -0.1) is 24.0 Å². The predicted molar refractivity (Wildman–Crippen MR) is 126 cm³/mol. The summed E-state index contributed by atoms with van der Waals surface area (Å²) in [4.78, 5) is 9.56. The molecule has 0 bridgehead atoms. The number of methoxy groups -OCH3 is 1. The number of piperazine rings is 1. The maximum atomic E-state index is 5.34. The number of rotatable bonds is 6. The fraction of sp³-hybridized carbons (Fsp3) is 0.650. The Labute approximate surface area is 181 Å². The average molecular weight is 489 g/mol. The van der Waals surface area contributed by atoms with Gasteiger partial charge in [-0.1, -0.05) is 6.07 Å². The predicted octanol–water partition coefficient (Wildman–Crippen LogP) is 2.79. The zero-order valence-corrected chi connectivity index (χ0v) is 19.7. The SMILES string of the molecule is CCNC(=NCCNC(C)(C)C)N1CCN(c2cccc(OC)c2)CC1.I. The summed E-state index contributed by atoms with van der Waals surface area (Å²) in [5.74, 6) is 1.93. The van der Waals surface area contributed by atoms with Crippen molar-refractivity contribution in [3.63, 3.8) is 0 Å². The number of hydrogen-bond acceptors (Lipinski definition) is 4. The Morgan fingerprint density at radius 2 is 1.89 bits per heavy atom. The van der Waals surface area contributed by atoms with Gasteiger partial charge < -0.3 is 25.2 Å². The van der Waals surface area contributed by atoms with E-state index >= 15 is 0 Å². The van der Waals surface area contributed by atoms with Gasteiger partial charge >= 0.3 is 0 Å². The fourth-order valence-electron chi connectivity index (χ4n) is 3.00. The second kappa shape index (κ2) is 11.6. The molecule has 0 aliphatic carbocycles. The summed E-state index contributed by atoms with van der Waals surface area (Å²) in [6.45, 7) is 15.1. The van der Waals surface area contributed by atoms with Gasteiger partial charge in [-0.25, -0.2) is 0 Å². The minimum atomic E-state index is 0. The molecule has 0 unspecified atom stereocenters. The van der Waals surface area contributed by atoms with Crippen LogP contribution in [0.1, 0.15) is 27.7 Å². The normalized spacial score (nSPS) is 15.4. The van der Waals surface area contributed by atoms with E-state index in [1.165, 1.54) is 5.69 Å². The van der Waals surface area contributed by atoms with Gasteiger partial charge in [0.25, 0.3) is 0 Å². The summed E-state index contributed by atoms with van der Waals surface area (Å²) < 4.78 is 5.34. The molecule has 154 valence electrons. The number of halogens is 1. The number of nitrogens with zero attached hydrogens (tertiary/aromatic N) is 3. The molecule has 0 radical (unpaired) electrons. The molecule has 0 atom stereocenters. The molecule has 0 spiro atoms. The molecule has 2 N–H and O–H groups in total. The van der Waals surface area contributed by atoms with Crippen LogP contribution in [0, 0.1) is 0 Å². The Bertz CT molecular complexity index is 580. The maximum absolute atomic E-state index is 5.34. The van der Waals surface area contributed by atoms with E-state index in [9.17, 15) is 0 Å². The summed E-state index contributed by atoms with van der Waals surface area (Å²) in [6, 6.07) is 8.29. The Hall–Kier alpha value is -1.22. The van der Waals surface area contributed by atoms with Crippen molar-refractivity contribution in [2.45, 2.75) is 33.2 Å². The minimum absolute atomic E-state index is 0. The lowest BCUT2D eigenvalue weighted by atomic mass is 10.1. The Balaban J connectivity index is 0.00000364. The van der Waals surface area contributed by atoms with Gasteiger partial charge in [0.2, 0.25) is 0 Å². The molecule has 1 fully saturated rings. The van der Waals surface area contributed by atoms with Crippen LogP contribution in [-0.4, -0.2) is 69.3 Å². The second-order valence-corrected chi connectivity index (χ2v) is 7.59. The molecule has 1 aromatic carbocycles. The molecule has 1 aliphatic heterocycles. The quantitative estimate of drug-likeness (QED) is 0.279. The van der Waals surface area contributed by atoms with Crippen LogP contribution < -0.4 is 20.3 Å². The van der Waals surface area contributed by atoms with Gasteiger partial charge in [0.1, 0.15) is 5.75 Å². The molecule has 0 saturated carbocycles. The first-order valence-corrected chi connectivity index (χ1v) is 9.60. The van der Waals surface area contributed by atoms with Gasteiger partial charge in [-0.05, 0) is 39.8 Å². The number of anilines is 1. The summed E-state index contributed by atoms with van der Waals surface area (Å²) in [7, 11) is 1.71. The molecule has 1 saturated heterocycles. The largest absolute Gasteiger partial charge is 0.497 e. The Kier molecular flexibility index (Phi) is 10.2. The third kappa shape index (κ3) is 8.13. The number of benzene rings is 1. The number of nitrogens with one attached hydrogen (secondary N) is 2. The van der Waals surface area contributed by atoms with Crippen molar-refractivity contribution in [3.8, 4) is 5.75 Å². The molecule has 7 heteroatoms. The second-order valence-electron chi connectivity index (χ2n) is 7.59. The van der Waals surface area contributed by atoms with Crippen LogP contribution in [0.15, 0.2) is 29.3 Å². The van der Waals surface area contributed by atoms with E-state index in [0.717, 1.165) is 57.5 Å². The van der Waals surface area contributed by atoms with Crippen LogP contribution in [0.25, 0.3) is 0 Å². The highest BCUT2D eigenvalue weighted by atomic mass is 127. The Morgan fingerprint density at radius 1 is 1.19 bits per heavy atom. The summed E-state index contributed by atoms with van der Waals surface area (Å²) in [5.41, 5.74) is 1.36. The molecular weight excluding hydrogens is 453 g/mol. The molecule has 1 aliphatic rings. The van der Waals surface area contributed by atoms with Crippen LogP contribution in [0.3, 0.4) is 0 Å². The van der Waals surface area contributed by atoms with E-state index in [2.05, 4.69) is 60.3 Å². The van der Waals surface area contributed by atoms with Crippen molar-refractivity contribution in [2.75, 3.05) is 57.8 Å². The van der Waals surface area contributed by atoms with E-state index in [1.807, 2.05) is 12.1 Å². The minimum Gasteiger partial charge on any atom is -0.497 e. The van der Waals surface area contributed by atoms with E-state index in [4.69, 9.17) is 9.73 Å². The van der Waals surface area contributed by atoms with E-state index in [1.54, 1.807) is 7.11 Å². The molecule has 1 heterocycles. The zero-order chi connectivity index (χ0) is 19.0. The number of guanidine groups is 1. The molecule has 0 aromatic heterocycles. The van der Waals surface area contributed by atoms with Crippen LogP contribution in [-0.2, 0) is 0 Å². The number of hydrogen-bond donors (Lipinski definition) is 2. The van der Waals surface area contributed by atoms with Gasteiger partial charge in [0, 0.05) is 56.6 Å². The summed E-state index contributed by atoms with van der Waals surface area (Å²) in [6.07, 6.45) is 0. The van der Waals surface area contributed by atoms with Gasteiger partial charge in [0.15, 0.2) is 5.96 Å². The summed E-state index contributed by atoms with van der Waals surface area (Å²) in [5, 5.41) is 6.92. The lowest BCUT2D eigenvalue weighted by molar-refractivity contribution is 0.371. The van der Waals surface area contributed by atoms with Crippen LogP contribution in [0.2, 0.25) is 0 Å². The zero-order valence-electron chi connectivity index (χ0n) is 17.4. The third-order valence-electron chi connectivity index (χ3n) is 4.36. The van der Waals surface area contributed by atoms with E-state index in [-0.39, 0.29) is 29.5 Å². The van der Waals surface area contributed by atoms with Crippen LogP contribution in [0.4, 0.5) is 5.69 Å². The first-order chi connectivity index (χ1) is 12.4.